The first-order chi connectivity index (χ1) is 12.6. The summed E-state index contributed by atoms with van der Waals surface area (Å²) in [5.74, 6) is -0.322. The predicted octanol–water partition coefficient (Wildman–Crippen LogP) is 1.88. The van der Waals surface area contributed by atoms with Gasteiger partial charge in [0.25, 0.3) is 10.1 Å². The van der Waals surface area contributed by atoms with Crippen molar-refractivity contribution in [1.29, 1.82) is 0 Å². The van der Waals surface area contributed by atoms with Crippen LogP contribution in [0.2, 0.25) is 0 Å². The Labute approximate surface area is 186 Å². The molecule has 0 aliphatic rings. The summed E-state index contributed by atoms with van der Waals surface area (Å²) in [6.07, 6.45) is 0. The molecule has 0 amide bonds. The monoisotopic (exact) mass is 406 g/mol. The van der Waals surface area contributed by atoms with Gasteiger partial charge in [-0.2, -0.15) is 18.6 Å². The Hall–Kier alpha value is -1.77. The molecule has 140 valence electrons. The van der Waals surface area contributed by atoms with Gasteiger partial charge >= 0.3 is 29.6 Å². The van der Waals surface area contributed by atoms with Crippen molar-refractivity contribution >= 4 is 32.3 Å². The van der Waals surface area contributed by atoms with E-state index in [0.29, 0.717) is 16.5 Å². The van der Waals surface area contributed by atoms with Crippen molar-refractivity contribution in [1.82, 2.24) is 0 Å². The van der Waals surface area contributed by atoms with E-state index in [9.17, 15) is 18.1 Å². The molecular weight excluding hydrogens is 387 g/mol. The Bertz CT molecular complexity index is 1140. The van der Waals surface area contributed by atoms with E-state index in [1.807, 2.05) is 24.3 Å². The van der Waals surface area contributed by atoms with Gasteiger partial charge in [-0.25, -0.2) is 0 Å². The Kier molecular flexibility index (Phi) is 6.68. The van der Waals surface area contributed by atoms with Crippen LogP contribution in [0.5, 0.6) is 5.75 Å². The minimum Gasteiger partial charge on any atom is -0.871 e. The standard InChI is InChI=1S/C20H20N2O4S.Na/c1-20(2,3)14-5-7-15(8-6-14)21-22-19-17-10-9-16(27(24,25)26)12-13(17)4-11-18(19)23;/h4-12,23H,1-3H3,(H,24,25,26);/q;+1/p-1. The summed E-state index contributed by atoms with van der Waals surface area (Å²) < 4.78 is 31.8. The third-order valence-corrected chi connectivity index (χ3v) is 5.07. The van der Waals surface area contributed by atoms with E-state index in [2.05, 4.69) is 31.0 Å². The van der Waals surface area contributed by atoms with Gasteiger partial charge < -0.3 is 5.11 Å². The van der Waals surface area contributed by atoms with Crippen LogP contribution >= 0.6 is 0 Å². The van der Waals surface area contributed by atoms with Crippen molar-refractivity contribution in [3.8, 4) is 5.75 Å². The van der Waals surface area contributed by atoms with E-state index in [1.54, 1.807) is 0 Å². The zero-order valence-electron chi connectivity index (χ0n) is 16.2. The van der Waals surface area contributed by atoms with Gasteiger partial charge in [0.2, 0.25) is 0 Å². The van der Waals surface area contributed by atoms with Crippen LogP contribution < -0.4 is 34.7 Å². The molecule has 0 radical (unpaired) electrons. The first-order valence-corrected chi connectivity index (χ1v) is 9.73. The van der Waals surface area contributed by atoms with E-state index in [0.717, 1.165) is 5.56 Å². The summed E-state index contributed by atoms with van der Waals surface area (Å²) in [6, 6.07) is 14.3. The van der Waals surface area contributed by atoms with Gasteiger partial charge in [0.1, 0.15) is 0 Å². The summed E-state index contributed by atoms with van der Waals surface area (Å²) in [4.78, 5) is -0.241. The average Bonchev–Trinajstić information content (AvgIpc) is 2.59. The molecule has 0 saturated carbocycles. The quantitative estimate of drug-likeness (QED) is 0.408. The third-order valence-electron chi connectivity index (χ3n) is 4.22. The Morgan fingerprint density at radius 1 is 0.929 bits per heavy atom. The van der Waals surface area contributed by atoms with Gasteiger partial charge in [0.05, 0.1) is 16.3 Å². The van der Waals surface area contributed by atoms with Crippen molar-refractivity contribution in [3.05, 3.63) is 60.2 Å². The largest absolute Gasteiger partial charge is 1.00 e. The number of fused-ring (bicyclic) bond motifs is 1. The number of benzene rings is 3. The van der Waals surface area contributed by atoms with E-state index in [4.69, 9.17) is 0 Å². The van der Waals surface area contributed by atoms with Crippen LogP contribution in [0.4, 0.5) is 11.4 Å². The zero-order chi connectivity index (χ0) is 19.8. The van der Waals surface area contributed by atoms with Crippen molar-refractivity contribution in [2.24, 2.45) is 10.2 Å². The Balaban J connectivity index is 0.00000280. The van der Waals surface area contributed by atoms with Crippen molar-refractivity contribution in [2.45, 2.75) is 31.1 Å². The van der Waals surface area contributed by atoms with Crippen molar-refractivity contribution in [2.75, 3.05) is 0 Å². The molecule has 0 bridgehead atoms. The molecule has 0 heterocycles. The van der Waals surface area contributed by atoms with Gasteiger partial charge in [-0.05, 0) is 40.6 Å². The van der Waals surface area contributed by atoms with E-state index < -0.39 is 10.1 Å². The second kappa shape index (κ2) is 8.31. The zero-order valence-corrected chi connectivity index (χ0v) is 19.0. The van der Waals surface area contributed by atoms with E-state index in [-0.39, 0.29) is 51.3 Å². The van der Waals surface area contributed by atoms with Gasteiger partial charge in [0, 0.05) is 5.39 Å². The maximum atomic E-state index is 12.2. The molecule has 0 spiro atoms. The van der Waals surface area contributed by atoms with E-state index in [1.165, 1.54) is 30.3 Å². The third kappa shape index (κ3) is 4.98. The molecule has 0 saturated heterocycles. The molecule has 0 unspecified atom stereocenters. The second-order valence-electron chi connectivity index (χ2n) is 7.27. The maximum absolute atomic E-state index is 12.2. The molecule has 28 heavy (non-hydrogen) atoms. The maximum Gasteiger partial charge on any atom is 1.00 e. The molecule has 1 N–H and O–H groups in total. The number of hydrogen-bond donors (Lipinski definition) is 1. The molecule has 0 aromatic heterocycles. The number of nitrogens with zero attached hydrogens (tertiary/aromatic N) is 2. The van der Waals surface area contributed by atoms with E-state index >= 15 is 0 Å². The van der Waals surface area contributed by atoms with Crippen LogP contribution in [0.1, 0.15) is 26.3 Å². The van der Waals surface area contributed by atoms with Gasteiger partial charge in [-0.15, -0.1) is 0 Å². The van der Waals surface area contributed by atoms with Crippen molar-refractivity contribution in [3.63, 3.8) is 0 Å². The SMILES string of the molecule is CC(C)(C)c1ccc(N=Nc2c([O-])ccc3cc(S(=O)(=O)O)ccc23)cc1.[Na+]. The van der Waals surface area contributed by atoms with Crippen LogP contribution in [-0.4, -0.2) is 13.0 Å². The molecule has 0 aliphatic carbocycles. The molecule has 0 fully saturated rings. The molecule has 8 heteroatoms. The number of azo groups is 1. The summed E-state index contributed by atoms with van der Waals surface area (Å²) in [7, 11) is -4.32. The second-order valence-corrected chi connectivity index (χ2v) is 8.69. The summed E-state index contributed by atoms with van der Waals surface area (Å²) in [5.41, 5.74) is 1.91. The summed E-state index contributed by atoms with van der Waals surface area (Å²) in [6.45, 7) is 6.35. The van der Waals surface area contributed by atoms with Crippen LogP contribution in [0.3, 0.4) is 0 Å². The number of hydrogen-bond acceptors (Lipinski definition) is 5. The average molecular weight is 406 g/mol. The fraction of sp³-hybridized carbons (Fsp3) is 0.200. The summed E-state index contributed by atoms with van der Waals surface area (Å²) >= 11 is 0. The van der Waals surface area contributed by atoms with Crippen LogP contribution in [0.25, 0.3) is 10.8 Å². The van der Waals surface area contributed by atoms with Gasteiger partial charge in [-0.3, -0.25) is 4.55 Å². The first-order valence-electron chi connectivity index (χ1n) is 8.29. The molecular formula is C20H19N2NaO4S. The van der Waals surface area contributed by atoms with Gasteiger partial charge in [-0.1, -0.05) is 56.9 Å². The number of rotatable bonds is 3. The normalized spacial score (nSPS) is 12.3. The summed E-state index contributed by atoms with van der Waals surface area (Å²) in [5, 5.41) is 21.4. The fourth-order valence-electron chi connectivity index (χ4n) is 2.67. The van der Waals surface area contributed by atoms with Crippen LogP contribution in [0, 0.1) is 0 Å². The molecule has 3 aromatic carbocycles. The fourth-order valence-corrected chi connectivity index (χ4v) is 3.19. The molecule has 0 atom stereocenters. The smallest absolute Gasteiger partial charge is 0.871 e. The van der Waals surface area contributed by atoms with Crippen molar-refractivity contribution < 1.29 is 47.6 Å². The Morgan fingerprint density at radius 3 is 2.14 bits per heavy atom. The molecule has 3 rings (SSSR count). The molecule has 6 nitrogen and oxygen atoms in total. The van der Waals surface area contributed by atoms with Gasteiger partial charge in [0.15, 0.2) is 0 Å². The Morgan fingerprint density at radius 2 is 1.57 bits per heavy atom. The molecule has 0 aliphatic heterocycles. The predicted molar refractivity (Wildman–Crippen MR) is 103 cm³/mol. The topological polar surface area (TPSA) is 102 Å². The van der Waals surface area contributed by atoms with Crippen LogP contribution in [-0.2, 0) is 15.5 Å². The van der Waals surface area contributed by atoms with Crippen LogP contribution in [0.15, 0.2) is 69.7 Å². The first kappa shape index (κ1) is 22.5. The minimum absolute atomic E-state index is 0. The minimum atomic E-state index is -4.32. The molecule has 3 aromatic rings.